The number of halogens is 4. The zero-order valence-electron chi connectivity index (χ0n) is 14.8. The number of anilines is 1. The summed E-state index contributed by atoms with van der Waals surface area (Å²) in [7, 11) is 3.34. The van der Waals surface area contributed by atoms with Crippen LogP contribution < -0.4 is 10.5 Å². The number of nitrogens with zero attached hydrogens (tertiary/aromatic N) is 4. The number of hydrogen-bond donors (Lipinski definition) is 1. The van der Waals surface area contributed by atoms with E-state index in [0.717, 1.165) is 12.1 Å². The third kappa shape index (κ3) is 3.26. The molecule has 1 unspecified atom stereocenters. The molecule has 0 spiro atoms. The van der Waals surface area contributed by atoms with Crippen LogP contribution in [0.15, 0.2) is 23.0 Å². The van der Waals surface area contributed by atoms with Gasteiger partial charge in [0, 0.05) is 14.1 Å². The lowest BCUT2D eigenvalue weighted by Gasteiger charge is -2.16. The number of aromatic amines is 1. The van der Waals surface area contributed by atoms with Gasteiger partial charge in [-0.25, -0.2) is 22.2 Å². The van der Waals surface area contributed by atoms with Crippen molar-refractivity contribution in [2.45, 2.75) is 26.1 Å². The van der Waals surface area contributed by atoms with Crippen LogP contribution in [0.2, 0.25) is 0 Å². The van der Waals surface area contributed by atoms with Crippen LogP contribution in [0.4, 0.5) is 23.5 Å². The molecule has 10 heteroatoms. The Morgan fingerprint density at radius 1 is 1.30 bits per heavy atom. The molecule has 1 N–H and O–H groups in total. The summed E-state index contributed by atoms with van der Waals surface area (Å²) in [6.45, 7) is 0.643. The number of fused-ring (bicyclic) bond motifs is 1. The second-order valence-corrected chi connectivity index (χ2v) is 6.27. The van der Waals surface area contributed by atoms with Gasteiger partial charge in [0.25, 0.3) is 12.0 Å². The third-order valence-corrected chi connectivity index (χ3v) is 4.28. The van der Waals surface area contributed by atoms with Crippen LogP contribution in [-0.2, 0) is 6.67 Å². The third-order valence-electron chi connectivity index (χ3n) is 4.28. The molecule has 0 aliphatic heterocycles. The van der Waals surface area contributed by atoms with Crippen LogP contribution >= 0.6 is 0 Å². The molecule has 2 heterocycles. The molecule has 0 fully saturated rings. The standard InChI is InChI=1S/C17H17F4N5O/c1-8(9-4-5-10(14(20)21)11(19)6-9)26-15-13(12(7-18)24-26)16(27)23-17(22-15)25(2)3/h4-6,8,14H,7H2,1-3H3,(H,22,23,27). The van der Waals surface area contributed by atoms with Crippen molar-refractivity contribution < 1.29 is 17.6 Å². The summed E-state index contributed by atoms with van der Waals surface area (Å²) < 4.78 is 54.1. The Labute approximate surface area is 151 Å². The molecule has 6 nitrogen and oxygen atoms in total. The van der Waals surface area contributed by atoms with Crippen molar-refractivity contribution >= 4 is 17.0 Å². The minimum absolute atomic E-state index is 0.000350. The van der Waals surface area contributed by atoms with E-state index in [-0.39, 0.29) is 22.7 Å². The number of nitrogens with one attached hydrogen (secondary N) is 1. The monoisotopic (exact) mass is 383 g/mol. The van der Waals surface area contributed by atoms with E-state index >= 15 is 0 Å². The van der Waals surface area contributed by atoms with Crippen molar-refractivity contribution in [2.75, 3.05) is 19.0 Å². The fourth-order valence-corrected chi connectivity index (χ4v) is 2.80. The highest BCUT2D eigenvalue weighted by atomic mass is 19.3. The maximum atomic E-state index is 13.9. The lowest BCUT2D eigenvalue weighted by Crippen LogP contribution is -2.20. The zero-order valence-corrected chi connectivity index (χ0v) is 14.8. The van der Waals surface area contributed by atoms with Crippen molar-refractivity contribution in [3.63, 3.8) is 0 Å². The first-order chi connectivity index (χ1) is 12.7. The van der Waals surface area contributed by atoms with Gasteiger partial charge in [-0.2, -0.15) is 10.1 Å². The van der Waals surface area contributed by atoms with E-state index in [4.69, 9.17) is 0 Å². The summed E-state index contributed by atoms with van der Waals surface area (Å²) in [6, 6.07) is 2.66. The lowest BCUT2D eigenvalue weighted by molar-refractivity contribution is 0.146. The van der Waals surface area contributed by atoms with Crippen LogP contribution in [0, 0.1) is 5.82 Å². The maximum absolute atomic E-state index is 13.9. The second-order valence-electron chi connectivity index (χ2n) is 6.27. The molecule has 3 aromatic rings. The molecule has 0 radical (unpaired) electrons. The van der Waals surface area contributed by atoms with Crippen LogP contribution in [0.3, 0.4) is 0 Å². The summed E-state index contributed by atoms with van der Waals surface area (Å²) in [5.41, 5.74) is -0.888. The van der Waals surface area contributed by atoms with E-state index < -0.39 is 36.1 Å². The Morgan fingerprint density at radius 2 is 2.00 bits per heavy atom. The molecule has 0 aliphatic carbocycles. The summed E-state index contributed by atoms with van der Waals surface area (Å²) in [6.07, 6.45) is -2.93. The van der Waals surface area contributed by atoms with Gasteiger partial charge >= 0.3 is 0 Å². The Kier molecular flexibility index (Phi) is 4.90. The SMILES string of the molecule is CC(c1ccc(C(F)F)c(F)c1)n1nc(CF)c2c(=O)[nH]c(N(C)C)nc21. The Balaban J connectivity index is 2.18. The van der Waals surface area contributed by atoms with E-state index in [0.29, 0.717) is 5.56 Å². The molecular weight excluding hydrogens is 366 g/mol. The molecule has 3 rings (SSSR count). The topological polar surface area (TPSA) is 66.8 Å². The van der Waals surface area contributed by atoms with Crippen LogP contribution in [0.5, 0.6) is 0 Å². The zero-order chi connectivity index (χ0) is 19.9. The molecule has 1 atom stereocenters. The average Bonchev–Trinajstić information content (AvgIpc) is 2.99. The molecule has 1 aromatic carbocycles. The molecule has 2 aromatic heterocycles. The van der Waals surface area contributed by atoms with Gasteiger partial charge in [0.15, 0.2) is 5.65 Å². The van der Waals surface area contributed by atoms with Crippen molar-refractivity contribution in [3.8, 4) is 0 Å². The van der Waals surface area contributed by atoms with Gasteiger partial charge in [-0.15, -0.1) is 0 Å². The molecule has 0 saturated carbocycles. The van der Waals surface area contributed by atoms with Crippen molar-refractivity contribution in [3.05, 3.63) is 51.2 Å². The fraction of sp³-hybridized carbons (Fsp3) is 0.353. The largest absolute Gasteiger partial charge is 0.348 e. The van der Waals surface area contributed by atoms with E-state index in [1.807, 2.05) is 0 Å². The molecule has 27 heavy (non-hydrogen) atoms. The average molecular weight is 383 g/mol. The van der Waals surface area contributed by atoms with Crippen molar-refractivity contribution in [2.24, 2.45) is 0 Å². The Bertz CT molecular complexity index is 1040. The minimum atomic E-state index is -2.93. The second kappa shape index (κ2) is 7.01. The van der Waals surface area contributed by atoms with Crippen molar-refractivity contribution in [1.29, 1.82) is 0 Å². The Hall–Kier alpha value is -2.91. The summed E-state index contributed by atoms with van der Waals surface area (Å²) in [5.74, 6) is -0.804. The highest BCUT2D eigenvalue weighted by Crippen LogP contribution is 2.28. The maximum Gasteiger partial charge on any atom is 0.266 e. The molecule has 0 aliphatic rings. The highest BCUT2D eigenvalue weighted by Gasteiger charge is 2.22. The van der Waals surface area contributed by atoms with Crippen LogP contribution in [-0.4, -0.2) is 33.8 Å². The van der Waals surface area contributed by atoms with E-state index in [1.54, 1.807) is 25.9 Å². The molecular formula is C17H17F4N5O. The Morgan fingerprint density at radius 3 is 2.56 bits per heavy atom. The minimum Gasteiger partial charge on any atom is -0.348 e. The van der Waals surface area contributed by atoms with E-state index in [2.05, 4.69) is 15.1 Å². The molecule has 0 bridgehead atoms. The fourth-order valence-electron chi connectivity index (χ4n) is 2.80. The number of alkyl halides is 3. The van der Waals surface area contributed by atoms with Gasteiger partial charge < -0.3 is 4.90 Å². The smallest absolute Gasteiger partial charge is 0.266 e. The van der Waals surface area contributed by atoms with Gasteiger partial charge in [-0.3, -0.25) is 9.78 Å². The number of benzene rings is 1. The van der Waals surface area contributed by atoms with E-state index in [9.17, 15) is 22.4 Å². The molecule has 0 amide bonds. The van der Waals surface area contributed by atoms with Gasteiger partial charge in [0.2, 0.25) is 5.95 Å². The van der Waals surface area contributed by atoms with Gasteiger partial charge in [0.1, 0.15) is 23.6 Å². The van der Waals surface area contributed by atoms with Crippen LogP contribution in [0.1, 0.15) is 36.2 Å². The van der Waals surface area contributed by atoms with Crippen molar-refractivity contribution in [1.82, 2.24) is 19.7 Å². The number of H-pyrrole nitrogens is 1. The summed E-state index contributed by atoms with van der Waals surface area (Å²) >= 11 is 0. The van der Waals surface area contributed by atoms with E-state index in [1.165, 1.54) is 10.7 Å². The predicted octanol–water partition coefficient (Wildman–Crippen LogP) is 3.34. The molecule has 144 valence electrons. The predicted molar refractivity (Wildman–Crippen MR) is 92.5 cm³/mol. The van der Waals surface area contributed by atoms with Gasteiger partial charge in [-0.1, -0.05) is 12.1 Å². The van der Waals surface area contributed by atoms with Crippen LogP contribution in [0.25, 0.3) is 11.0 Å². The summed E-state index contributed by atoms with van der Waals surface area (Å²) in [4.78, 5) is 20.8. The first kappa shape index (κ1) is 18.9. The summed E-state index contributed by atoms with van der Waals surface area (Å²) in [5, 5.41) is 4.10. The first-order valence-electron chi connectivity index (χ1n) is 8.06. The number of hydrogen-bond acceptors (Lipinski definition) is 4. The molecule has 0 saturated heterocycles. The quantitative estimate of drug-likeness (QED) is 0.687. The first-order valence-corrected chi connectivity index (χ1v) is 8.06. The number of aromatic nitrogens is 4. The highest BCUT2D eigenvalue weighted by molar-refractivity contribution is 5.78. The van der Waals surface area contributed by atoms with Gasteiger partial charge in [-0.05, 0) is 18.6 Å². The van der Waals surface area contributed by atoms with Gasteiger partial charge in [0.05, 0.1) is 11.6 Å². The normalized spacial score (nSPS) is 12.7. The lowest BCUT2D eigenvalue weighted by atomic mass is 10.1. The number of rotatable bonds is 5.